The van der Waals surface area contributed by atoms with Crippen molar-refractivity contribution in [2.75, 3.05) is 26.2 Å². The molecule has 0 bridgehead atoms. The molecule has 9 N–H and O–H groups in total. The van der Waals surface area contributed by atoms with Gasteiger partial charge in [-0.05, 0) is 0 Å². The van der Waals surface area contributed by atoms with Crippen molar-refractivity contribution < 1.29 is 50.1 Å². The molecule has 7 unspecified atom stereocenters. The van der Waals surface area contributed by atoms with Gasteiger partial charge in [-0.15, -0.1) is 0 Å². The Hall–Kier alpha value is -0.930. The normalized spacial score (nSPS) is 33.4. The molecule has 0 aliphatic carbocycles. The first-order valence-electron chi connectivity index (χ1n) is 7.23. The monoisotopic (exact) mass is 356 g/mol. The molecular weight excluding hydrogens is 332 g/mol. The molecule has 0 aromatic carbocycles. The molecular formula is C12H24N2O10. The van der Waals surface area contributed by atoms with Gasteiger partial charge in [0.05, 0.1) is 6.61 Å². The number of ether oxygens (including phenoxy) is 1. The molecule has 0 aromatic rings. The maximum Gasteiger partial charge on any atom is 0.320 e. The van der Waals surface area contributed by atoms with E-state index in [0.717, 1.165) is 5.06 Å². The largest absolute Gasteiger partial charge is 0.480 e. The van der Waals surface area contributed by atoms with Crippen LogP contribution in [0, 0.1) is 0 Å². The van der Waals surface area contributed by atoms with Crippen LogP contribution in [-0.4, -0.2) is 116 Å². The van der Waals surface area contributed by atoms with E-state index in [1.54, 1.807) is 0 Å². The molecule has 1 heterocycles. The lowest BCUT2D eigenvalue weighted by Crippen LogP contribution is -2.64. The van der Waals surface area contributed by atoms with Crippen LogP contribution < -0.4 is 5.73 Å². The fourth-order valence-corrected chi connectivity index (χ4v) is 2.18. The Morgan fingerprint density at radius 2 is 1.83 bits per heavy atom. The highest BCUT2D eigenvalue weighted by atomic mass is 16.8. The second kappa shape index (κ2) is 9.53. The van der Waals surface area contributed by atoms with Gasteiger partial charge in [0.1, 0.15) is 43.2 Å². The molecule has 1 aliphatic rings. The van der Waals surface area contributed by atoms with E-state index in [4.69, 9.17) is 25.5 Å². The quantitative estimate of drug-likeness (QED) is 0.182. The summed E-state index contributed by atoms with van der Waals surface area (Å²) in [6.07, 6.45) is -12.0. The number of carbonyl (C=O) groups is 1. The molecule has 1 saturated heterocycles. The van der Waals surface area contributed by atoms with E-state index < -0.39 is 62.0 Å². The molecule has 0 radical (unpaired) electrons. The Morgan fingerprint density at radius 1 is 1.21 bits per heavy atom. The first-order valence-corrected chi connectivity index (χ1v) is 7.23. The maximum absolute atomic E-state index is 10.8. The number of hydroxylamine groups is 2. The predicted molar refractivity (Wildman–Crippen MR) is 75.1 cm³/mol. The van der Waals surface area contributed by atoms with E-state index in [2.05, 4.69) is 0 Å². The van der Waals surface area contributed by atoms with Crippen LogP contribution in [-0.2, 0) is 14.4 Å². The summed E-state index contributed by atoms with van der Waals surface area (Å²) in [5.74, 6) is -1.25. The standard InChI is InChI=1S/C12H24N2O10/c13-1-2-14(3-6(17)18)24-12-10(22)8(20)9(21)11(23-12)7(19)5(16)4-15/h5,7-12,15-16,19-22H,1-4,13H2,(H,17,18). The second-order valence-corrected chi connectivity index (χ2v) is 5.33. The molecule has 0 amide bonds. The lowest BCUT2D eigenvalue weighted by molar-refractivity contribution is -0.368. The Kier molecular flexibility index (Phi) is 8.38. The van der Waals surface area contributed by atoms with Crippen LogP contribution in [0.25, 0.3) is 0 Å². The van der Waals surface area contributed by atoms with E-state index in [1.807, 2.05) is 0 Å². The number of aliphatic hydroxyl groups is 6. The molecule has 24 heavy (non-hydrogen) atoms. The number of carboxylic acid groups (broad SMARTS) is 1. The zero-order valence-corrected chi connectivity index (χ0v) is 12.7. The van der Waals surface area contributed by atoms with E-state index in [0.29, 0.717) is 0 Å². The lowest BCUT2D eigenvalue weighted by Gasteiger charge is -2.43. The fourth-order valence-electron chi connectivity index (χ4n) is 2.18. The van der Waals surface area contributed by atoms with Crippen LogP contribution in [0.3, 0.4) is 0 Å². The topological polar surface area (TPSA) is 206 Å². The van der Waals surface area contributed by atoms with Crippen LogP contribution >= 0.6 is 0 Å². The zero-order chi connectivity index (χ0) is 18.4. The Balaban J connectivity index is 2.86. The lowest BCUT2D eigenvalue weighted by atomic mass is 9.93. The van der Waals surface area contributed by atoms with Gasteiger partial charge >= 0.3 is 5.97 Å². The molecule has 12 heteroatoms. The van der Waals surface area contributed by atoms with E-state index >= 15 is 0 Å². The summed E-state index contributed by atoms with van der Waals surface area (Å²) in [7, 11) is 0. The number of nitrogens with two attached hydrogens (primary N) is 1. The molecule has 1 aliphatic heterocycles. The van der Waals surface area contributed by atoms with Gasteiger partial charge < -0.3 is 46.2 Å². The van der Waals surface area contributed by atoms with Gasteiger partial charge in [-0.25, -0.2) is 0 Å². The van der Waals surface area contributed by atoms with Gasteiger partial charge in [0, 0.05) is 13.1 Å². The Morgan fingerprint density at radius 3 is 2.33 bits per heavy atom. The Labute approximate surface area is 137 Å². The minimum absolute atomic E-state index is 0.0244. The third-order valence-corrected chi connectivity index (χ3v) is 3.47. The van der Waals surface area contributed by atoms with E-state index in [9.17, 15) is 30.3 Å². The van der Waals surface area contributed by atoms with Crippen molar-refractivity contribution in [1.29, 1.82) is 0 Å². The van der Waals surface area contributed by atoms with Crippen LogP contribution in [0.4, 0.5) is 0 Å². The molecule has 12 nitrogen and oxygen atoms in total. The summed E-state index contributed by atoms with van der Waals surface area (Å²) in [4.78, 5) is 15.9. The second-order valence-electron chi connectivity index (χ2n) is 5.33. The molecule has 7 atom stereocenters. The van der Waals surface area contributed by atoms with Crippen LogP contribution in [0.15, 0.2) is 0 Å². The van der Waals surface area contributed by atoms with Gasteiger partial charge in [0.25, 0.3) is 0 Å². The Bertz CT molecular complexity index is 396. The van der Waals surface area contributed by atoms with Crippen LogP contribution in [0.2, 0.25) is 0 Å². The van der Waals surface area contributed by atoms with Crippen molar-refractivity contribution in [2.45, 2.75) is 42.9 Å². The van der Waals surface area contributed by atoms with Crippen molar-refractivity contribution in [2.24, 2.45) is 5.73 Å². The average molecular weight is 356 g/mol. The maximum atomic E-state index is 10.8. The third kappa shape index (κ3) is 5.29. The number of aliphatic carboxylic acids is 1. The minimum Gasteiger partial charge on any atom is -0.480 e. The average Bonchev–Trinajstić information content (AvgIpc) is 2.53. The number of carboxylic acids is 1. The zero-order valence-electron chi connectivity index (χ0n) is 12.7. The molecule has 0 spiro atoms. The van der Waals surface area contributed by atoms with Gasteiger partial charge in [-0.2, -0.15) is 5.06 Å². The highest BCUT2D eigenvalue weighted by Crippen LogP contribution is 2.25. The summed E-state index contributed by atoms with van der Waals surface area (Å²) in [6, 6.07) is 0. The van der Waals surface area contributed by atoms with Crippen LogP contribution in [0.1, 0.15) is 0 Å². The molecule has 1 rings (SSSR count). The number of aliphatic hydroxyl groups excluding tert-OH is 6. The minimum atomic E-state index is -1.81. The third-order valence-electron chi connectivity index (χ3n) is 3.47. The first kappa shape index (κ1) is 21.1. The smallest absolute Gasteiger partial charge is 0.320 e. The molecule has 1 fully saturated rings. The highest BCUT2D eigenvalue weighted by Gasteiger charge is 2.49. The number of rotatable bonds is 9. The number of hydrogen-bond donors (Lipinski definition) is 8. The van der Waals surface area contributed by atoms with E-state index in [1.165, 1.54) is 0 Å². The summed E-state index contributed by atoms with van der Waals surface area (Å²) in [6.45, 7) is -1.45. The molecule has 142 valence electrons. The first-order chi connectivity index (χ1) is 11.2. The summed E-state index contributed by atoms with van der Waals surface area (Å²) in [5, 5.41) is 67.4. The summed E-state index contributed by atoms with van der Waals surface area (Å²) < 4.78 is 5.15. The van der Waals surface area contributed by atoms with Crippen molar-refractivity contribution in [3.63, 3.8) is 0 Å². The summed E-state index contributed by atoms with van der Waals surface area (Å²) >= 11 is 0. The predicted octanol–water partition coefficient (Wildman–Crippen LogP) is -5.21. The molecule has 0 saturated carbocycles. The van der Waals surface area contributed by atoms with Crippen molar-refractivity contribution in [3.8, 4) is 0 Å². The van der Waals surface area contributed by atoms with E-state index in [-0.39, 0.29) is 13.1 Å². The van der Waals surface area contributed by atoms with Gasteiger partial charge in [0.15, 0.2) is 0 Å². The van der Waals surface area contributed by atoms with Gasteiger partial charge in [-0.1, -0.05) is 0 Å². The number of nitrogens with zero attached hydrogens (tertiary/aromatic N) is 1. The van der Waals surface area contributed by atoms with Crippen molar-refractivity contribution in [3.05, 3.63) is 0 Å². The highest BCUT2D eigenvalue weighted by molar-refractivity contribution is 5.68. The van der Waals surface area contributed by atoms with Crippen LogP contribution in [0.5, 0.6) is 0 Å². The fraction of sp³-hybridized carbons (Fsp3) is 0.917. The summed E-state index contributed by atoms with van der Waals surface area (Å²) in [5.41, 5.74) is 5.32. The SMILES string of the molecule is NCCN(CC(=O)O)OC1OC(C(O)C(O)CO)C(O)C(O)C1O. The van der Waals surface area contributed by atoms with Gasteiger partial charge in [-0.3, -0.25) is 9.63 Å². The van der Waals surface area contributed by atoms with Crippen molar-refractivity contribution >= 4 is 5.97 Å². The van der Waals surface area contributed by atoms with Crippen molar-refractivity contribution in [1.82, 2.24) is 5.06 Å². The molecule has 0 aromatic heterocycles. The van der Waals surface area contributed by atoms with Gasteiger partial charge in [0.2, 0.25) is 6.29 Å². The number of hydrogen-bond acceptors (Lipinski definition) is 11.